The van der Waals surface area contributed by atoms with Crippen LogP contribution in [-0.4, -0.2) is 22.0 Å². The Kier molecular flexibility index (Phi) is 6.21. The van der Waals surface area contributed by atoms with E-state index in [2.05, 4.69) is 41.9 Å². The summed E-state index contributed by atoms with van der Waals surface area (Å²) in [5, 5.41) is 17.0. The number of aromatic nitrogens is 1. The van der Waals surface area contributed by atoms with Gasteiger partial charge in [0.05, 0.1) is 21.4 Å². The largest absolute Gasteiger partial charge is 0.281 e. The second-order valence-electron chi connectivity index (χ2n) is 6.33. The molecule has 0 aliphatic rings. The molecule has 1 amide bonds. The van der Waals surface area contributed by atoms with Crippen molar-refractivity contribution >= 4 is 76.4 Å². The maximum Gasteiger partial charge on any atom is 0.281 e. The normalized spacial score (nSPS) is 11.2. The zero-order chi connectivity index (χ0) is 22.0. The van der Waals surface area contributed by atoms with Gasteiger partial charge in [0, 0.05) is 26.6 Å². The van der Waals surface area contributed by atoms with Gasteiger partial charge in [-0.15, -0.1) is 0 Å². The lowest BCUT2D eigenvalue weighted by Gasteiger charge is -2.13. The number of thiazole rings is 1. The molecule has 0 aliphatic carbocycles. The fraction of sp³-hybridized carbons (Fsp3) is 0. The van der Waals surface area contributed by atoms with Gasteiger partial charge >= 0.3 is 0 Å². The van der Waals surface area contributed by atoms with E-state index in [1.54, 1.807) is 6.21 Å². The Morgan fingerprint density at radius 2 is 1.81 bits per heavy atom. The highest BCUT2D eigenvalue weighted by Gasteiger charge is 2.22. The fourth-order valence-corrected chi connectivity index (χ4v) is 4.45. The number of non-ortho nitro benzene ring substituents is 1. The molecule has 10 heteroatoms. The summed E-state index contributed by atoms with van der Waals surface area (Å²) < 4.78 is 2.69. The highest BCUT2D eigenvalue weighted by molar-refractivity contribution is 9.10. The Hall–Kier alpha value is -2.95. The number of nitro groups is 1. The average Bonchev–Trinajstić information content (AvgIpc) is 3.18. The van der Waals surface area contributed by atoms with Crippen molar-refractivity contribution in [1.29, 1.82) is 0 Å². The van der Waals surface area contributed by atoms with E-state index in [0.717, 1.165) is 24.7 Å². The van der Waals surface area contributed by atoms with Gasteiger partial charge in [-0.3, -0.25) is 14.9 Å². The highest BCUT2D eigenvalue weighted by atomic mass is 79.9. The third kappa shape index (κ3) is 4.87. The molecule has 0 unspecified atom stereocenters. The van der Waals surface area contributed by atoms with Crippen molar-refractivity contribution in [2.75, 3.05) is 5.01 Å². The number of hydrogen-bond acceptors (Lipinski definition) is 6. The minimum Gasteiger partial charge on any atom is -0.267 e. The molecule has 31 heavy (non-hydrogen) atoms. The van der Waals surface area contributed by atoms with Gasteiger partial charge in [-0.1, -0.05) is 61.4 Å². The number of hydrogen-bond donors (Lipinski definition) is 0. The number of benzene rings is 3. The molecule has 0 radical (unpaired) electrons. The lowest BCUT2D eigenvalue weighted by molar-refractivity contribution is -0.384. The van der Waals surface area contributed by atoms with Crippen LogP contribution in [-0.2, 0) is 0 Å². The smallest absolute Gasteiger partial charge is 0.267 e. The van der Waals surface area contributed by atoms with E-state index in [0.29, 0.717) is 5.13 Å². The third-order valence-corrected chi connectivity index (χ3v) is 6.22. The Bertz CT molecular complexity index is 1320. The summed E-state index contributed by atoms with van der Waals surface area (Å²) in [5.74, 6) is -0.518. The van der Waals surface area contributed by atoms with Crippen LogP contribution in [0.3, 0.4) is 0 Å². The molecule has 7 nitrogen and oxygen atoms in total. The van der Waals surface area contributed by atoms with E-state index in [9.17, 15) is 14.9 Å². The molecule has 0 bridgehead atoms. The van der Waals surface area contributed by atoms with Gasteiger partial charge in [0.15, 0.2) is 0 Å². The number of hydrazone groups is 1. The number of nitro benzene ring substituents is 1. The Labute approximate surface area is 197 Å². The number of halogens is 2. The Morgan fingerprint density at radius 3 is 2.55 bits per heavy atom. The lowest BCUT2D eigenvalue weighted by Crippen LogP contribution is -2.25. The molecule has 1 heterocycles. The summed E-state index contributed by atoms with van der Waals surface area (Å²) in [4.78, 5) is 28.4. The topological polar surface area (TPSA) is 88.7 Å². The van der Waals surface area contributed by atoms with Crippen LogP contribution in [0, 0.1) is 10.1 Å². The minimum atomic E-state index is -0.540. The van der Waals surface area contributed by atoms with Crippen LogP contribution < -0.4 is 5.01 Å². The number of carbonyl (C=O) groups is 1. The maximum atomic E-state index is 13.3. The lowest BCUT2D eigenvalue weighted by atomic mass is 10.2. The predicted molar refractivity (Wildman–Crippen MR) is 129 cm³/mol. The van der Waals surface area contributed by atoms with Crippen LogP contribution in [0.1, 0.15) is 15.9 Å². The summed E-state index contributed by atoms with van der Waals surface area (Å²) in [6.07, 6.45) is 1.55. The maximum absolute atomic E-state index is 13.3. The molecule has 1 aromatic heterocycles. The van der Waals surface area contributed by atoms with Gasteiger partial charge in [0.2, 0.25) is 5.13 Å². The van der Waals surface area contributed by atoms with Crippen LogP contribution in [0.25, 0.3) is 10.2 Å². The molecule has 0 saturated heterocycles. The van der Waals surface area contributed by atoms with E-state index in [4.69, 9.17) is 0 Å². The van der Waals surface area contributed by atoms with Crippen molar-refractivity contribution in [2.45, 2.75) is 0 Å². The van der Waals surface area contributed by atoms with Gasteiger partial charge in [-0.05, 0) is 42.0 Å². The zero-order valence-corrected chi connectivity index (χ0v) is 19.6. The fourth-order valence-electron chi connectivity index (χ4n) is 2.71. The second kappa shape index (κ2) is 9.04. The molecule has 0 fully saturated rings. The standard InChI is InChI=1S/C21H12Br2N4O3S/c22-15-6-4-13(5-7-15)12-24-26(20(28)14-2-1-3-17(10-14)27(29)30)21-25-18-9-8-16(23)11-19(18)31-21/h1-12H/b24-12+. The van der Waals surface area contributed by atoms with E-state index >= 15 is 0 Å². The van der Waals surface area contributed by atoms with Crippen LogP contribution in [0.2, 0.25) is 0 Å². The number of rotatable bonds is 5. The van der Waals surface area contributed by atoms with Crippen molar-refractivity contribution in [3.05, 3.63) is 96.9 Å². The number of amides is 1. The van der Waals surface area contributed by atoms with Gasteiger partial charge < -0.3 is 0 Å². The molecular formula is C21H12Br2N4O3S. The molecule has 0 N–H and O–H groups in total. The molecule has 0 aliphatic heterocycles. The quantitative estimate of drug-likeness (QED) is 0.160. The molecule has 0 spiro atoms. The van der Waals surface area contributed by atoms with Crippen molar-refractivity contribution in [1.82, 2.24) is 4.98 Å². The monoisotopic (exact) mass is 558 g/mol. The summed E-state index contributed by atoms with van der Waals surface area (Å²) in [6, 6.07) is 18.6. The first-order chi connectivity index (χ1) is 14.9. The Balaban J connectivity index is 1.77. The van der Waals surface area contributed by atoms with E-state index in [1.165, 1.54) is 40.6 Å². The summed E-state index contributed by atoms with van der Waals surface area (Å²) in [5.41, 5.74) is 1.47. The number of nitrogens with zero attached hydrogens (tertiary/aromatic N) is 4. The minimum absolute atomic E-state index is 0.141. The predicted octanol–water partition coefficient (Wildman–Crippen LogP) is 6.41. The molecular weight excluding hydrogens is 548 g/mol. The van der Waals surface area contributed by atoms with E-state index in [1.807, 2.05) is 42.5 Å². The van der Waals surface area contributed by atoms with Gasteiger partial charge in [-0.25, -0.2) is 4.98 Å². The van der Waals surface area contributed by atoms with E-state index in [-0.39, 0.29) is 11.3 Å². The van der Waals surface area contributed by atoms with Gasteiger partial charge in [0.25, 0.3) is 11.6 Å². The number of fused-ring (bicyclic) bond motifs is 1. The van der Waals surface area contributed by atoms with Crippen LogP contribution in [0.15, 0.2) is 80.8 Å². The third-order valence-electron chi connectivity index (χ3n) is 4.21. The van der Waals surface area contributed by atoms with Crippen molar-refractivity contribution < 1.29 is 9.72 Å². The first-order valence-electron chi connectivity index (χ1n) is 8.85. The van der Waals surface area contributed by atoms with Crippen molar-refractivity contribution in [3.63, 3.8) is 0 Å². The average molecular weight is 560 g/mol. The first kappa shape index (κ1) is 21.3. The van der Waals surface area contributed by atoms with Gasteiger partial charge in [0.1, 0.15) is 0 Å². The SMILES string of the molecule is O=C(c1cccc([N+](=O)[O-])c1)N(/N=C/c1ccc(Br)cc1)c1nc2ccc(Br)cc2s1. The zero-order valence-electron chi connectivity index (χ0n) is 15.6. The second-order valence-corrected chi connectivity index (χ2v) is 9.17. The van der Waals surface area contributed by atoms with Crippen molar-refractivity contribution in [3.8, 4) is 0 Å². The summed E-state index contributed by atoms with van der Waals surface area (Å²) in [7, 11) is 0. The van der Waals surface area contributed by atoms with E-state index < -0.39 is 10.8 Å². The number of carbonyl (C=O) groups excluding carboxylic acids is 1. The molecule has 0 saturated carbocycles. The molecule has 154 valence electrons. The summed E-state index contributed by atoms with van der Waals surface area (Å²) >= 11 is 8.12. The molecule has 4 aromatic rings. The van der Waals surface area contributed by atoms with Crippen LogP contribution >= 0.6 is 43.2 Å². The molecule has 4 rings (SSSR count). The first-order valence-corrected chi connectivity index (χ1v) is 11.3. The van der Waals surface area contributed by atoms with Crippen LogP contribution in [0.5, 0.6) is 0 Å². The van der Waals surface area contributed by atoms with Gasteiger partial charge in [-0.2, -0.15) is 10.1 Å². The molecule has 0 atom stereocenters. The van der Waals surface area contributed by atoms with Crippen LogP contribution in [0.4, 0.5) is 10.8 Å². The van der Waals surface area contributed by atoms with Crippen molar-refractivity contribution in [2.24, 2.45) is 5.10 Å². The molecule has 3 aromatic carbocycles. The Morgan fingerprint density at radius 1 is 1.06 bits per heavy atom. The highest BCUT2D eigenvalue weighted by Crippen LogP contribution is 2.32. The number of anilines is 1. The summed E-state index contributed by atoms with van der Waals surface area (Å²) in [6.45, 7) is 0.